The van der Waals surface area contributed by atoms with E-state index in [4.69, 9.17) is 9.52 Å². The maximum Gasteiger partial charge on any atom is 0.308 e. The number of carbonyl (C=O) groups excluding carboxylic acids is 1. The molecule has 0 aliphatic carbocycles. The molecule has 0 aromatic carbocycles. The number of carboxylic acid groups (broad SMARTS) is 1. The fourth-order valence-electron chi connectivity index (χ4n) is 1.74. The minimum absolute atomic E-state index is 0.228. The second-order valence-electron chi connectivity index (χ2n) is 3.67. The van der Waals surface area contributed by atoms with Gasteiger partial charge in [0, 0.05) is 13.1 Å². The molecule has 1 aliphatic rings. The summed E-state index contributed by atoms with van der Waals surface area (Å²) in [5, 5.41) is 8.83. The third-order valence-corrected chi connectivity index (χ3v) is 3.26. The van der Waals surface area contributed by atoms with Crippen LogP contribution >= 0.6 is 15.9 Å². The Bertz CT molecular complexity index is 428. The first-order valence-electron chi connectivity index (χ1n) is 4.84. The number of carboxylic acids is 1. The lowest BCUT2D eigenvalue weighted by molar-refractivity contribution is -0.141. The van der Waals surface area contributed by atoms with Crippen molar-refractivity contribution in [2.24, 2.45) is 5.92 Å². The molecule has 0 saturated carbocycles. The molecule has 1 N–H and O–H groups in total. The number of likely N-dealkylation sites (tertiary alicyclic amines) is 1. The highest BCUT2D eigenvalue weighted by Crippen LogP contribution is 2.23. The van der Waals surface area contributed by atoms with E-state index < -0.39 is 11.9 Å². The normalized spacial score (nSPS) is 20.1. The molecular weight excluding hydrogens is 278 g/mol. The summed E-state index contributed by atoms with van der Waals surface area (Å²) in [6.45, 7) is 0.713. The van der Waals surface area contributed by atoms with E-state index in [2.05, 4.69) is 15.9 Å². The van der Waals surface area contributed by atoms with Crippen LogP contribution < -0.4 is 0 Å². The molecule has 0 radical (unpaired) electrons. The van der Waals surface area contributed by atoms with E-state index in [-0.39, 0.29) is 18.2 Å². The summed E-state index contributed by atoms with van der Waals surface area (Å²) in [5.74, 6) is -1.35. The summed E-state index contributed by atoms with van der Waals surface area (Å²) in [6, 6.07) is 1.64. The van der Waals surface area contributed by atoms with E-state index in [9.17, 15) is 9.59 Å². The predicted molar refractivity (Wildman–Crippen MR) is 58.1 cm³/mol. The third kappa shape index (κ3) is 1.97. The summed E-state index contributed by atoms with van der Waals surface area (Å²) in [7, 11) is 0. The Labute approximate surface area is 100 Å². The smallest absolute Gasteiger partial charge is 0.308 e. The first-order chi connectivity index (χ1) is 7.59. The number of carbonyl (C=O) groups is 2. The molecular formula is C10H10BrNO4. The van der Waals surface area contributed by atoms with Crippen LogP contribution in [0.2, 0.25) is 0 Å². The highest BCUT2D eigenvalue weighted by atomic mass is 79.9. The first kappa shape index (κ1) is 11.2. The van der Waals surface area contributed by atoms with Gasteiger partial charge in [0.15, 0.2) is 0 Å². The van der Waals surface area contributed by atoms with Crippen LogP contribution in [-0.4, -0.2) is 35.0 Å². The van der Waals surface area contributed by atoms with Crippen molar-refractivity contribution in [3.05, 3.63) is 22.6 Å². The molecule has 6 heteroatoms. The average Bonchev–Trinajstić information content (AvgIpc) is 2.84. The van der Waals surface area contributed by atoms with E-state index in [0.717, 1.165) is 0 Å². The molecule has 1 fully saturated rings. The van der Waals surface area contributed by atoms with Gasteiger partial charge in [-0.25, -0.2) is 0 Å². The van der Waals surface area contributed by atoms with Crippen molar-refractivity contribution in [3.63, 3.8) is 0 Å². The molecule has 5 nitrogen and oxygen atoms in total. The van der Waals surface area contributed by atoms with Gasteiger partial charge in [-0.2, -0.15) is 0 Å². The Morgan fingerprint density at radius 1 is 1.56 bits per heavy atom. The quantitative estimate of drug-likeness (QED) is 0.897. The van der Waals surface area contributed by atoms with Crippen LogP contribution in [-0.2, 0) is 4.79 Å². The minimum Gasteiger partial charge on any atom is -0.481 e. The Morgan fingerprint density at radius 3 is 2.81 bits per heavy atom. The number of halogens is 1. The van der Waals surface area contributed by atoms with Gasteiger partial charge in [0.25, 0.3) is 5.91 Å². The zero-order valence-corrected chi connectivity index (χ0v) is 9.94. The van der Waals surface area contributed by atoms with Gasteiger partial charge in [-0.15, -0.1) is 0 Å². The molecule has 2 heterocycles. The maximum absolute atomic E-state index is 11.9. The van der Waals surface area contributed by atoms with Crippen molar-refractivity contribution in [2.75, 3.05) is 13.1 Å². The van der Waals surface area contributed by atoms with Gasteiger partial charge in [0.1, 0.15) is 0 Å². The summed E-state index contributed by atoms with van der Waals surface area (Å²) in [6.07, 6.45) is 1.92. The number of nitrogens with zero attached hydrogens (tertiary/aromatic N) is 1. The number of aliphatic carboxylic acids is 1. The minimum atomic E-state index is -0.853. The molecule has 1 unspecified atom stereocenters. The zero-order chi connectivity index (χ0) is 11.7. The van der Waals surface area contributed by atoms with Gasteiger partial charge in [0.2, 0.25) is 5.76 Å². The van der Waals surface area contributed by atoms with Gasteiger partial charge in [-0.1, -0.05) is 0 Å². The lowest BCUT2D eigenvalue weighted by Crippen LogP contribution is -2.29. The van der Waals surface area contributed by atoms with Gasteiger partial charge in [-0.3, -0.25) is 9.59 Å². The lowest BCUT2D eigenvalue weighted by Gasteiger charge is -2.13. The average molecular weight is 288 g/mol. The van der Waals surface area contributed by atoms with Crippen molar-refractivity contribution in [1.82, 2.24) is 4.90 Å². The first-order valence-corrected chi connectivity index (χ1v) is 5.64. The molecule has 86 valence electrons. The SMILES string of the molecule is O=C(O)C1CCN(C(=O)c2occc2Br)C1. The molecule has 2 rings (SSSR count). The van der Waals surface area contributed by atoms with Crippen molar-refractivity contribution in [2.45, 2.75) is 6.42 Å². The summed E-state index contributed by atoms with van der Waals surface area (Å²) >= 11 is 3.20. The number of amides is 1. The molecule has 1 amide bonds. The number of rotatable bonds is 2. The summed E-state index contributed by atoms with van der Waals surface area (Å²) < 4.78 is 5.64. The van der Waals surface area contributed by atoms with Crippen LogP contribution in [0.4, 0.5) is 0 Å². The molecule has 0 spiro atoms. The van der Waals surface area contributed by atoms with Crippen molar-refractivity contribution < 1.29 is 19.1 Å². The summed E-state index contributed by atoms with van der Waals surface area (Å²) in [4.78, 5) is 24.2. The van der Waals surface area contributed by atoms with Crippen molar-refractivity contribution in [3.8, 4) is 0 Å². The molecule has 1 saturated heterocycles. The van der Waals surface area contributed by atoms with Crippen LogP contribution in [0, 0.1) is 5.92 Å². The molecule has 1 aliphatic heterocycles. The Balaban J connectivity index is 2.08. The van der Waals surface area contributed by atoms with Gasteiger partial charge < -0.3 is 14.4 Å². The van der Waals surface area contributed by atoms with E-state index in [1.165, 1.54) is 11.2 Å². The molecule has 1 aromatic rings. The highest BCUT2D eigenvalue weighted by Gasteiger charge is 2.32. The van der Waals surface area contributed by atoms with E-state index >= 15 is 0 Å². The van der Waals surface area contributed by atoms with Crippen LogP contribution in [0.3, 0.4) is 0 Å². The van der Waals surface area contributed by atoms with E-state index in [0.29, 0.717) is 17.4 Å². The number of furan rings is 1. The fourth-order valence-corrected chi connectivity index (χ4v) is 2.11. The van der Waals surface area contributed by atoms with Crippen LogP contribution in [0.25, 0.3) is 0 Å². The molecule has 0 bridgehead atoms. The van der Waals surface area contributed by atoms with Crippen molar-refractivity contribution in [1.29, 1.82) is 0 Å². The number of hydrogen-bond acceptors (Lipinski definition) is 3. The Hall–Kier alpha value is -1.30. The van der Waals surface area contributed by atoms with Gasteiger partial charge in [-0.05, 0) is 28.4 Å². The Morgan fingerprint density at radius 2 is 2.31 bits per heavy atom. The van der Waals surface area contributed by atoms with Crippen molar-refractivity contribution >= 4 is 27.8 Å². The topological polar surface area (TPSA) is 70.8 Å². The molecule has 16 heavy (non-hydrogen) atoms. The maximum atomic E-state index is 11.9. The van der Waals surface area contributed by atoms with E-state index in [1.54, 1.807) is 6.07 Å². The Kier molecular flexibility index (Phi) is 3.00. The zero-order valence-electron chi connectivity index (χ0n) is 8.35. The monoisotopic (exact) mass is 287 g/mol. The summed E-state index contributed by atoms with van der Waals surface area (Å²) in [5.41, 5.74) is 0. The molecule has 1 aromatic heterocycles. The van der Waals surface area contributed by atoms with E-state index in [1.807, 2.05) is 0 Å². The van der Waals surface area contributed by atoms with Crippen LogP contribution in [0.15, 0.2) is 21.2 Å². The van der Waals surface area contributed by atoms with Gasteiger partial charge >= 0.3 is 5.97 Å². The molecule has 1 atom stereocenters. The second-order valence-corrected chi connectivity index (χ2v) is 4.53. The second kappa shape index (κ2) is 4.29. The standard InChI is InChI=1S/C10H10BrNO4/c11-7-2-4-16-8(7)9(13)12-3-1-6(5-12)10(14)15/h2,4,6H,1,3,5H2,(H,14,15). The largest absolute Gasteiger partial charge is 0.481 e. The predicted octanol–water partition coefficient (Wildman–Crippen LogP) is 1.59. The van der Waals surface area contributed by atoms with Crippen LogP contribution in [0.1, 0.15) is 17.0 Å². The highest BCUT2D eigenvalue weighted by molar-refractivity contribution is 9.10. The van der Waals surface area contributed by atoms with Crippen LogP contribution in [0.5, 0.6) is 0 Å². The van der Waals surface area contributed by atoms with Gasteiger partial charge in [0.05, 0.1) is 16.7 Å². The number of hydrogen-bond donors (Lipinski definition) is 1. The third-order valence-electron chi connectivity index (χ3n) is 2.64. The lowest BCUT2D eigenvalue weighted by atomic mass is 10.1. The fraction of sp³-hybridized carbons (Fsp3) is 0.400.